The highest BCUT2D eigenvalue weighted by Crippen LogP contribution is 2.25. The van der Waals surface area contributed by atoms with Gasteiger partial charge < -0.3 is 9.84 Å². The Hall–Kier alpha value is -3.81. The smallest absolute Gasteiger partial charge is 0.349 e. The summed E-state index contributed by atoms with van der Waals surface area (Å²) in [5.74, 6) is -3.43. The van der Waals surface area contributed by atoms with Crippen LogP contribution in [0.3, 0.4) is 0 Å². The zero-order valence-corrected chi connectivity index (χ0v) is 18.1. The van der Waals surface area contributed by atoms with Gasteiger partial charge in [-0.1, -0.05) is 24.3 Å². The van der Waals surface area contributed by atoms with Crippen LogP contribution in [0.15, 0.2) is 71.6 Å². The number of nitriles is 1. The Bertz CT molecular complexity index is 1320. The Morgan fingerprint density at radius 2 is 1.79 bits per heavy atom. The number of hydrogen-bond donors (Lipinski definition) is 1. The largest absolute Gasteiger partial charge is 0.478 e. The lowest BCUT2D eigenvalue weighted by Gasteiger charge is -2.18. The second-order valence-corrected chi connectivity index (χ2v) is 9.10. The Morgan fingerprint density at radius 3 is 2.39 bits per heavy atom. The predicted octanol–water partition coefficient (Wildman–Crippen LogP) is 3.86. The molecule has 0 saturated carbocycles. The lowest BCUT2D eigenvalue weighted by Crippen LogP contribution is -2.26. The summed E-state index contributed by atoms with van der Waals surface area (Å²) < 4.78 is 58.3. The number of ether oxygens (including phenoxy) is 1. The summed E-state index contributed by atoms with van der Waals surface area (Å²) in [7, 11) is -2.77. The molecule has 0 aliphatic carbocycles. The van der Waals surface area contributed by atoms with Crippen molar-refractivity contribution in [2.45, 2.75) is 17.5 Å². The van der Waals surface area contributed by atoms with Gasteiger partial charge in [0.05, 0.1) is 16.5 Å². The molecule has 3 aromatic rings. The van der Waals surface area contributed by atoms with Crippen molar-refractivity contribution in [3.8, 4) is 11.8 Å². The van der Waals surface area contributed by atoms with E-state index in [0.29, 0.717) is 22.8 Å². The molecule has 10 heteroatoms. The molecule has 3 aromatic carbocycles. The van der Waals surface area contributed by atoms with Crippen LogP contribution in [-0.4, -0.2) is 30.8 Å². The monoisotopic (exact) mass is 472 g/mol. The van der Waals surface area contributed by atoms with Crippen molar-refractivity contribution < 1.29 is 31.8 Å². The van der Waals surface area contributed by atoms with E-state index in [2.05, 4.69) is 0 Å². The molecule has 0 bridgehead atoms. The van der Waals surface area contributed by atoms with Crippen molar-refractivity contribution in [1.29, 1.82) is 5.26 Å². The Balaban J connectivity index is 1.74. The third-order valence-corrected chi connectivity index (χ3v) is 6.52. The number of carbonyl (C=O) groups is 1. The van der Waals surface area contributed by atoms with Crippen molar-refractivity contribution in [3.63, 3.8) is 0 Å². The maximum absolute atomic E-state index is 13.4. The number of carboxylic acids is 1. The molecule has 0 amide bonds. The maximum Gasteiger partial charge on any atom is 0.349 e. The lowest BCUT2D eigenvalue weighted by atomic mass is 10.1. The molecule has 1 unspecified atom stereocenters. The van der Waals surface area contributed by atoms with Gasteiger partial charge in [0.15, 0.2) is 11.6 Å². The van der Waals surface area contributed by atoms with E-state index in [-0.39, 0.29) is 17.2 Å². The highest BCUT2D eigenvalue weighted by atomic mass is 32.2. The van der Waals surface area contributed by atoms with E-state index in [1.54, 1.807) is 24.3 Å². The summed E-state index contributed by atoms with van der Waals surface area (Å²) >= 11 is 0. The van der Waals surface area contributed by atoms with Gasteiger partial charge in [0, 0.05) is 19.2 Å². The molecule has 1 atom stereocenters. The average Bonchev–Trinajstić information content (AvgIpc) is 2.80. The van der Waals surface area contributed by atoms with Crippen molar-refractivity contribution in [2.75, 3.05) is 7.05 Å². The molecule has 0 saturated heterocycles. The predicted molar refractivity (Wildman–Crippen MR) is 114 cm³/mol. The van der Waals surface area contributed by atoms with Gasteiger partial charge in [-0.3, -0.25) is 0 Å². The Morgan fingerprint density at radius 1 is 1.09 bits per heavy atom. The number of carboxylic acid groups (broad SMARTS) is 1. The van der Waals surface area contributed by atoms with Gasteiger partial charge in [-0.15, -0.1) is 0 Å². The second kappa shape index (κ2) is 9.77. The minimum absolute atomic E-state index is 0.0752. The van der Waals surface area contributed by atoms with E-state index in [1.165, 1.54) is 31.3 Å². The van der Waals surface area contributed by atoms with Gasteiger partial charge in [-0.05, 0) is 48.0 Å². The first kappa shape index (κ1) is 23.8. The zero-order chi connectivity index (χ0) is 24.2. The number of sulfonamides is 1. The number of rotatable bonds is 8. The van der Waals surface area contributed by atoms with Crippen LogP contribution in [0, 0.1) is 23.0 Å². The van der Waals surface area contributed by atoms with Crippen molar-refractivity contribution in [3.05, 3.63) is 95.1 Å². The number of aliphatic carboxylic acids is 1. The molecule has 170 valence electrons. The van der Waals surface area contributed by atoms with E-state index >= 15 is 0 Å². The van der Waals surface area contributed by atoms with Crippen LogP contribution in [0.1, 0.15) is 22.8 Å². The molecular weight excluding hydrogens is 454 g/mol. The van der Waals surface area contributed by atoms with Crippen LogP contribution in [0.4, 0.5) is 8.78 Å². The van der Waals surface area contributed by atoms with Gasteiger partial charge in [-0.2, -0.15) is 9.57 Å². The second-order valence-electron chi connectivity index (χ2n) is 7.05. The van der Waals surface area contributed by atoms with Crippen LogP contribution < -0.4 is 4.74 Å². The molecule has 0 heterocycles. The average molecular weight is 472 g/mol. The van der Waals surface area contributed by atoms with Gasteiger partial charge >= 0.3 is 5.97 Å². The first-order valence-corrected chi connectivity index (χ1v) is 11.0. The summed E-state index contributed by atoms with van der Waals surface area (Å²) in [6.45, 7) is -0.0752. The van der Waals surface area contributed by atoms with Crippen LogP contribution >= 0.6 is 0 Å². The first-order valence-electron chi connectivity index (χ1n) is 9.51. The fourth-order valence-corrected chi connectivity index (χ4v) is 4.17. The van der Waals surface area contributed by atoms with Crippen LogP contribution in [0.5, 0.6) is 5.75 Å². The zero-order valence-electron chi connectivity index (χ0n) is 17.3. The fraction of sp³-hybridized carbons (Fsp3) is 0.130. The topological polar surface area (TPSA) is 108 Å². The molecule has 0 radical (unpaired) electrons. The minimum atomic E-state index is -4.07. The number of halogens is 2. The van der Waals surface area contributed by atoms with E-state index in [1.807, 2.05) is 6.07 Å². The van der Waals surface area contributed by atoms with Crippen molar-refractivity contribution in [2.24, 2.45) is 0 Å². The number of nitrogens with zero attached hydrogens (tertiary/aromatic N) is 2. The molecule has 7 nitrogen and oxygen atoms in total. The molecular formula is C23H18F2N2O5S. The van der Waals surface area contributed by atoms with Gasteiger partial charge in [0.1, 0.15) is 5.75 Å². The molecule has 0 spiro atoms. The summed E-state index contributed by atoms with van der Waals surface area (Å²) in [5, 5.41) is 18.5. The Labute approximate surface area is 189 Å². The van der Waals surface area contributed by atoms with Crippen LogP contribution in [0.2, 0.25) is 0 Å². The summed E-state index contributed by atoms with van der Waals surface area (Å²) in [6, 6.07) is 16.4. The maximum atomic E-state index is 13.4. The van der Waals surface area contributed by atoms with Crippen molar-refractivity contribution >= 4 is 16.0 Å². The first-order chi connectivity index (χ1) is 15.6. The summed E-state index contributed by atoms with van der Waals surface area (Å²) in [5.41, 5.74) is 1.14. The van der Waals surface area contributed by atoms with Crippen LogP contribution in [0.25, 0.3) is 0 Å². The van der Waals surface area contributed by atoms with Gasteiger partial charge in [-0.25, -0.2) is 22.0 Å². The minimum Gasteiger partial charge on any atom is -0.478 e. The van der Waals surface area contributed by atoms with Crippen molar-refractivity contribution in [1.82, 2.24) is 4.31 Å². The van der Waals surface area contributed by atoms with Gasteiger partial charge in [0.25, 0.3) is 0 Å². The summed E-state index contributed by atoms with van der Waals surface area (Å²) in [4.78, 5) is 11.3. The highest BCUT2D eigenvalue weighted by Gasteiger charge is 2.24. The number of hydrogen-bond acceptors (Lipinski definition) is 5. The molecule has 3 rings (SSSR count). The molecule has 0 aliphatic rings. The highest BCUT2D eigenvalue weighted by molar-refractivity contribution is 7.89. The number of benzene rings is 3. The Kier molecular flexibility index (Phi) is 7.06. The molecule has 33 heavy (non-hydrogen) atoms. The quantitative estimate of drug-likeness (QED) is 0.533. The van der Waals surface area contributed by atoms with E-state index in [4.69, 9.17) is 10.00 Å². The normalized spacial score (nSPS) is 12.2. The fourth-order valence-electron chi connectivity index (χ4n) is 3.00. The SMILES string of the molecule is CN(Cc1ccc(OC(C(=O)O)c2cccc(C#N)c2)cc1)S(=O)(=O)c1ccc(F)c(F)c1. The third-order valence-electron chi connectivity index (χ3n) is 4.72. The third kappa shape index (κ3) is 5.52. The van der Waals surface area contributed by atoms with E-state index in [9.17, 15) is 27.1 Å². The standard InChI is InChI=1S/C23H18F2N2O5S/c1-27(33(30,31)19-9-10-20(24)21(25)12-19)14-15-5-7-18(8-6-15)32-22(23(28)29)17-4-2-3-16(11-17)13-26/h2-12,22H,14H2,1H3,(H,28,29). The molecule has 0 aromatic heterocycles. The van der Waals surface area contributed by atoms with E-state index < -0.39 is 33.7 Å². The molecule has 1 N–H and O–H groups in total. The summed E-state index contributed by atoms with van der Waals surface area (Å²) in [6.07, 6.45) is -1.35. The molecule has 0 fully saturated rings. The van der Waals surface area contributed by atoms with Crippen LogP contribution in [-0.2, 0) is 21.4 Å². The molecule has 0 aliphatic heterocycles. The van der Waals surface area contributed by atoms with Gasteiger partial charge in [0.2, 0.25) is 16.1 Å². The van der Waals surface area contributed by atoms with E-state index in [0.717, 1.165) is 16.4 Å². The lowest BCUT2D eigenvalue weighted by molar-refractivity contribution is -0.145.